The average molecular weight is 299 g/mol. The maximum Gasteiger partial charge on any atom is 0.416 e. The number of aliphatic imine (C=N–C) groups is 1. The van der Waals surface area contributed by atoms with Crippen molar-refractivity contribution in [1.82, 2.24) is 10.6 Å². The fourth-order valence-electron chi connectivity index (χ4n) is 1.93. The number of halogens is 3. The number of nitrogens with one attached hydrogen (secondary N) is 2. The van der Waals surface area contributed by atoms with Crippen molar-refractivity contribution < 1.29 is 18.0 Å². The summed E-state index contributed by atoms with van der Waals surface area (Å²) in [6.07, 6.45) is -4.44. The maximum atomic E-state index is 12.7. The van der Waals surface area contributed by atoms with Gasteiger partial charge in [-0.15, -0.1) is 0 Å². The second-order valence-electron chi connectivity index (χ2n) is 5.87. The Morgan fingerprint density at radius 1 is 1.24 bits per heavy atom. The standard InChI is InChI=1S/C14H16F3N3O/c1-13(2,3)20-12-18-10(11(21)19-12)8-5-4-6-9(7-8)14(15,16)17/h4-7,10H,1-3H3,(H2,18,19,20,21). The van der Waals surface area contributed by atoms with E-state index < -0.39 is 23.7 Å². The molecule has 1 atom stereocenters. The second kappa shape index (κ2) is 5.05. The number of carbonyl (C=O) groups excluding carboxylic acids is 1. The quantitative estimate of drug-likeness (QED) is 0.837. The van der Waals surface area contributed by atoms with Crippen LogP contribution in [0.1, 0.15) is 37.9 Å². The molecule has 1 amide bonds. The van der Waals surface area contributed by atoms with E-state index in [9.17, 15) is 18.0 Å². The van der Waals surface area contributed by atoms with Crippen molar-refractivity contribution in [2.45, 2.75) is 38.5 Å². The molecule has 0 saturated heterocycles. The lowest BCUT2D eigenvalue weighted by molar-refractivity contribution is -0.137. The van der Waals surface area contributed by atoms with Crippen molar-refractivity contribution in [2.24, 2.45) is 4.99 Å². The first kappa shape index (κ1) is 15.3. The molecular weight excluding hydrogens is 283 g/mol. The molecule has 114 valence electrons. The summed E-state index contributed by atoms with van der Waals surface area (Å²) >= 11 is 0. The minimum atomic E-state index is -4.44. The number of rotatable bonds is 1. The van der Waals surface area contributed by atoms with Gasteiger partial charge in [-0.1, -0.05) is 12.1 Å². The molecule has 0 aliphatic carbocycles. The Hall–Kier alpha value is -2.05. The zero-order chi connectivity index (χ0) is 15.8. The van der Waals surface area contributed by atoms with E-state index in [2.05, 4.69) is 15.6 Å². The Balaban J connectivity index is 2.28. The van der Waals surface area contributed by atoms with Gasteiger partial charge in [-0.25, -0.2) is 4.99 Å². The van der Waals surface area contributed by atoms with Crippen LogP contribution in [0, 0.1) is 0 Å². The van der Waals surface area contributed by atoms with Crippen molar-refractivity contribution in [2.75, 3.05) is 0 Å². The highest BCUT2D eigenvalue weighted by Crippen LogP contribution is 2.32. The van der Waals surface area contributed by atoms with Crippen LogP contribution in [0.3, 0.4) is 0 Å². The summed E-state index contributed by atoms with van der Waals surface area (Å²) in [5.41, 5.74) is -0.886. The number of amides is 1. The van der Waals surface area contributed by atoms with Crippen LogP contribution in [-0.2, 0) is 11.0 Å². The summed E-state index contributed by atoms with van der Waals surface area (Å²) in [6.45, 7) is 5.66. The Kier molecular flexibility index (Phi) is 3.69. The van der Waals surface area contributed by atoms with E-state index in [1.165, 1.54) is 12.1 Å². The van der Waals surface area contributed by atoms with Gasteiger partial charge < -0.3 is 5.32 Å². The molecule has 2 N–H and O–H groups in total. The molecule has 0 bridgehead atoms. The van der Waals surface area contributed by atoms with Crippen molar-refractivity contribution in [3.05, 3.63) is 35.4 Å². The SMILES string of the molecule is CC(C)(C)NC1=NC(c2cccc(C(F)(F)F)c2)C(=O)N1. The van der Waals surface area contributed by atoms with Crippen LogP contribution < -0.4 is 10.6 Å². The van der Waals surface area contributed by atoms with Gasteiger partial charge >= 0.3 is 6.18 Å². The van der Waals surface area contributed by atoms with Crippen LogP contribution in [0.4, 0.5) is 13.2 Å². The van der Waals surface area contributed by atoms with E-state index in [1.807, 2.05) is 20.8 Å². The number of hydrogen-bond acceptors (Lipinski definition) is 3. The molecule has 0 saturated carbocycles. The normalized spacial score (nSPS) is 19.2. The van der Waals surface area contributed by atoms with Crippen LogP contribution in [-0.4, -0.2) is 17.4 Å². The van der Waals surface area contributed by atoms with Gasteiger partial charge in [-0.3, -0.25) is 10.1 Å². The van der Waals surface area contributed by atoms with Gasteiger partial charge in [0.15, 0.2) is 12.0 Å². The molecule has 0 fully saturated rings. The molecule has 1 aromatic carbocycles. The number of benzene rings is 1. The smallest absolute Gasteiger partial charge is 0.351 e. The van der Waals surface area contributed by atoms with Crippen LogP contribution >= 0.6 is 0 Å². The molecule has 7 heteroatoms. The van der Waals surface area contributed by atoms with Gasteiger partial charge in [-0.2, -0.15) is 13.2 Å². The van der Waals surface area contributed by atoms with Gasteiger partial charge in [0.05, 0.1) is 5.56 Å². The third-order valence-electron chi connectivity index (χ3n) is 2.77. The van der Waals surface area contributed by atoms with Gasteiger partial charge in [0.1, 0.15) is 0 Å². The van der Waals surface area contributed by atoms with E-state index in [1.54, 1.807) is 0 Å². The monoisotopic (exact) mass is 299 g/mol. The Bertz CT molecular complexity index is 588. The number of alkyl halides is 3. The summed E-state index contributed by atoms with van der Waals surface area (Å²) in [5, 5.41) is 5.52. The van der Waals surface area contributed by atoms with E-state index in [4.69, 9.17) is 0 Å². The maximum absolute atomic E-state index is 12.7. The third kappa shape index (κ3) is 3.74. The van der Waals surface area contributed by atoms with Crippen molar-refractivity contribution in [3.63, 3.8) is 0 Å². The lowest BCUT2D eigenvalue weighted by Gasteiger charge is -2.21. The fourth-order valence-corrected chi connectivity index (χ4v) is 1.93. The molecular formula is C14H16F3N3O. The lowest BCUT2D eigenvalue weighted by atomic mass is 10.0. The van der Waals surface area contributed by atoms with E-state index in [-0.39, 0.29) is 17.1 Å². The summed E-state index contributed by atoms with van der Waals surface area (Å²) in [7, 11) is 0. The van der Waals surface area contributed by atoms with Gasteiger partial charge in [0.2, 0.25) is 0 Å². The lowest BCUT2D eigenvalue weighted by Crippen LogP contribution is -2.46. The van der Waals surface area contributed by atoms with E-state index >= 15 is 0 Å². The summed E-state index contributed by atoms with van der Waals surface area (Å²) in [5.74, 6) is -0.170. The first-order chi connectivity index (χ1) is 9.56. The Morgan fingerprint density at radius 2 is 1.90 bits per heavy atom. The molecule has 4 nitrogen and oxygen atoms in total. The molecule has 0 aromatic heterocycles. The average Bonchev–Trinajstić information content (AvgIpc) is 2.67. The van der Waals surface area contributed by atoms with E-state index in [0.717, 1.165) is 12.1 Å². The van der Waals surface area contributed by atoms with Crippen molar-refractivity contribution >= 4 is 11.9 Å². The highest BCUT2D eigenvalue weighted by atomic mass is 19.4. The summed E-state index contributed by atoms with van der Waals surface area (Å²) in [6, 6.07) is 3.69. The number of nitrogens with zero attached hydrogens (tertiary/aromatic N) is 1. The van der Waals surface area contributed by atoms with E-state index in [0.29, 0.717) is 0 Å². The minimum absolute atomic E-state index is 0.216. The highest BCUT2D eigenvalue weighted by Gasteiger charge is 2.34. The van der Waals surface area contributed by atoms with Crippen LogP contribution in [0.5, 0.6) is 0 Å². The fraction of sp³-hybridized carbons (Fsp3) is 0.429. The molecule has 0 spiro atoms. The molecule has 1 unspecified atom stereocenters. The van der Waals surface area contributed by atoms with Gasteiger partial charge in [-0.05, 0) is 38.5 Å². The van der Waals surface area contributed by atoms with Crippen LogP contribution in [0.2, 0.25) is 0 Å². The number of carbonyl (C=O) groups is 1. The molecule has 1 aliphatic rings. The first-order valence-electron chi connectivity index (χ1n) is 6.40. The highest BCUT2D eigenvalue weighted by molar-refractivity contribution is 6.05. The number of hydrogen-bond donors (Lipinski definition) is 2. The first-order valence-corrected chi connectivity index (χ1v) is 6.40. The Morgan fingerprint density at radius 3 is 2.48 bits per heavy atom. The molecule has 2 rings (SSSR count). The molecule has 21 heavy (non-hydrogen) atoms. The van der Waals surface area contributed by atoms with Gasteiger partial charge in [0, 0.05) is 5.54 Å². The zero-order valence-corrected chi connectivity index (χ0v) is 11.9. The van der Waals surface area contributed by atoms with Crippen molar-refractivity contribution in [3.8, 4) is 0 Å². The Labute approximate surface area is 120 Å². The zero-order valence-electron chi connectivity index (χ0n) is 11.9. The van der Waals surface area contributed by atoms with Crippen LogP contribution in [0.15, 0.2) is 29.3 Å². The molecule has 1 aromatic rings. The topological polar surface area (TPSA) is 53.5 Å². The predicted octanol–water partition coefficient (Wildman–Crippen LogP) is 2.62. The number of guanidine groups is 1. The minimum Gasteiger partial charge on any atom is -0.351 e. The summed E-state index contributed by atoms with van der Waals surface area (Å²) < 4.78 is 38.1. The predicted molar refractivity (Wildman–Crippen MR) is 72.7 cm³/mol. The molecule has 1 aliphatic heterocycles. The molecule has 1 heterocycles. The van der Waals surface area contributed by atoms with Crippen molar-refractivity contribution in [1.29, 1.82) is 0 Å². The largest absolute Gasteiger partial charge is 0.416 e. The second-order valence-corrected chi connectivity index (χ2v) is 5.87. The molecule has 0 radical (unpaired) electrons. The summed E-state index contributed by atoms with van der Waals surface area (Å²) in [4.78, 5) is 16.0. The van der Waals surface area contributed by atoms with Crippen LogP contribution in [0.25, 0.3) is 0 Å². The third-order valence-corrected chi connectivity index (χ3v) is 2.77. The van der Waals surface area contributed by atoms with Gasteiger partial charge in [0.25, 0.3) is 5.91 Å².